The van der Waals surface area contributed by atoms with Gasteiger partial charge in [-0.1, -0.05) is 42.5 Å². The second kappa shape index (κ2) is 7.72. The number of hydrogen-bond donors (Lipinski definition) is 4. The number of amides is 1. The molecule has 0 radical (unpaired) electrons. The molecular weight excluding hydrogens is 372 g/mol. The van der Waals surface area contributed by atoms with E-state index in [0.717, 1.165) is 22.9 Å². The molecule has 1 heterocycles. The average Bonchev–Trinajstić information content (AvgIpc) is 3.08. The van der Waals surface area contributed by atoms with E-state index >= 15 is 0 Å². The highest BCUT2D eigenvalue weighted by Gasteiger charge is 2.37. The van der Waals surface area contributed by atoms with E-state index in [1.54, 1.807) is 0 Å². The molecule has 0 aliphatic heterocycles. The molecule has 0 bridgehead atoms. The molecule has 0 saturated heterocycles. The second-order valence-corrected chi connectivity index (χ2v) is 7.63. The first kappa shape index (κ1) is 18.6. The summed E-state index contributed by atoms with van der Waals surface area (Å²) in [6.45, 7) is 0. The number of aromatic amines is 1. The molecule has 1 amide bonds. The summed E-state index contributed by atoms with van der Waals surface area (Å²) in [5.41, 5.74) is 4.24. The van der Waals surface area contributed by atoms with Crippen LogP contribution in [0.1, 0.15) is 22.6 Å². The Kier molecular flexibility index (Phi) is 5.13. The van der Waals surface area contributed by atoms with Gasteiger partial charge < -0.3 is 15.4 Å². The van der Waals surface area contributed by atoms with E-state index < -0.39 is 12.0 Å². The molecule has 6 heteroatoms. The Morgan fingerprint density at radius 2 is 1.93 bits per heavy atom. The maximum absolute atomic E-state index is 12.9. The number of aliphatic carboxylic acids is 1. The molecule has 3 atom stereocenters. The number of hydrogen-bond acceptors (Lipinski definition) is 3. The van der Waals surface area contributed by atoms with Crippen LogP contribution in [-0.2, 0) is 22.4 Å². The van der Waals surface area contributed by atoms with E-state index in [4.69, 9.17) is 0 Å². The lowest BCUT2D eigenvalue weighted by atomic mass is 9.71. The molecule has 28 heavy (non-hydrogen) atoms. The Balaban J connectivity index is 1.50. The van der Waals surface area contributed by atoms with Crippen LogP contribution in [0.15, 0.2) is 54.7 Å². The first-order chi connectivity index (χ1) is 13.6. The van der Waals surface area contributed by atoms with Crippen molar-refractivity contribution < 1.29 is 14.7 Å². The number of fused-ring (bicyclic) bond motifs is 2. The van der Waals surface area contributed by atoms with Crippen LogP contribution in [0, 0.1) is 5.92 Å². The van der Waals surface area contributed by atoms with Gasteiger partial charge in [-0.25, -0.2) is 4.79 Å². The van der Waals surface area contributed by atoms with E-state index in [1.165, 1.54) is 11.1 Å². The zero-order valence-electron chi connectivity index (χ0n) is 15.3. The molecule has 2 aromatic carbocycles. The maximum atomic E-state index is 12.9. The lowest BCUT2D eigenvalue weighted by Crippen LogP contribution is -2.47. The van der Waals surface area contributed by atoms with Crippen LogP contribution < -0.4 is 5.32 Å². The van der Waals surface area contributed by atoms with Gasteiger partial charge in [-0.05, 0) is 29.2 Å². The van der Waals surface area contributed by atoms with Crippen LogP contribution in [0.3, 0.4) is 0 Å². The van der Waals surface area contributed by atoms with Gasteiger partial charge in [-0.15, -0.1) is 0 Å². The van der Waals surface area contributed by atoms with E-state index in [1.807, 2.05) is 48.7 Å². The Labute approximate surface area is 168 Å². The van der Waals surface area contributed by atoms with Gasteiger partial charge in [0.2, 0.25) is 5.91 Å². The fraction of sp³-hybridized carbons (Fsp3) is 0.273. The molecule has 0 fully saturated rings. The number of rotatable bonds is 7. The van der Waals surface area contributed by atoms with E-state index in [-0.39, 0.29) is 24.2 Å². The Morgan fingerprint density at radius 3 is 2.68 bits per heavy atom. The number of para-hydroxylation sites is 1. The molecule has 3 aromatic rings. The number of carboxylic acid groups (broad SMARTS) is 1. The lowest BCUT2D eigenvalue weighted by Gasteiger charge is -2.35. The summed E-state index contributed by atoms with van der Waals surface area (Å²) in [4.78, 5) is 27.9. The van der Waals surface area contributed by atoms with Crippen molar-refractivity contribution in [2.75, 3.05) is 5.75 Å². The summed E-state index contributed by atoms with van der Waals surface area (Å²) in [6, 6.07) is 14.8. The van der Waals surface area contributed by atoms with Crippen LogP contribution in [0.25, 0.3) is 10.9 Å². The monoisotopic (exact) mass is 394 g/mol. The Morgan fingerprint density at radius 1 is 1.18 bits per heavy atom. The van der Waals surface area contributed by atoms with Crippen molar-refractivity contribution in [3.05, 3.63) is 71.4 Å². The van der Waals surface area contributed by atoms with E-state index in [0.29, 0.717) is 5.75 Å². The molecule has 3 N–H and O–H groups in total. The highest BCUT2D eigenvalue weighted by atomic mass is 32.1. The van der Waals surface area contributed by atoms with Crippen molar-refractivity contribution in [1.29, 1.82) is 0 Å². The number of carbonyl (C=O) groups is 2. The second-order valence-electron chi connectivity index (χ2n) is 7.26. The van der Waals surface area contributed by atoms with Crippen LogP contribution in [0.4, 0.5) is 0 Å². The van der Waals surface area contributed by atoms with Crippen molar-refractivity contribution >= 4 is 35.4 Å². The third kappa shape index (κ3) is 3.40. The summed E-state index contributed by atoms with van der Waals surface area (Å²) in [6.07, 6.45) is 2.87. The van der Waals surface area contributed by atoms with Gasteiger partial charge in [0.15, 0.2) is 0 Å². The van der Waals surface area contributed by atoms with Crippen molar-refractivity contribution in [1.82, 2.24) is 10.3 Å². The smallest absolute Gasteiger partial charge is 0.326 e. The zero-order valence-corrected chi connectivity index (χ0v) is 16.2. The van der Waals surface area contributed by atoms with Crippen LogP contribution in [0.5, 0.6) is 0 Å². The van der Waals surface area contributed by atoms with Gasteiger partial charge in [-0.2, -0.15) is 12.6 Å². The van der Waals surface area contributed by atoms with E-state index in [9.17, 15) is 14.7 Å². The average molecular weight is 394 g/mol. The number of carbonyl (C=O) groups excluding carboxylic acids is 1. The summed E-state index contributed by atoms with van der Waals surface area (Å²) in [5.74, 6) is -1.16. The number of carboxylic acids is 1. The lowest BCUT2D eigenvalue weighted by molar-refractivity contribution is -0.142. The van der Waals surface area contributed by atoms with Crippen molar-refractivity contribution in [3.8, 4) is 0 Å². The third-order valence-corrected chi connectivity index (χ3v) is 6.02. The normalized spacial score (nSPS) is 17.4. The number of aromatic nitrogens is 1. The highest BCUT2D eigenvalue weighted by Crippen LogP contribution is 2.40. The fourth-order valence-corrected chi connectivity index (χ4v) is 4.47. The van der Waals surface area contributed by atoms with Gasteiger partial charge in [0, 0.05) is 35.2 Å². The van der Waals surface area contributed by atoms with Gasteiger partial charge in [0.05, 0.1) is 5.92 Å². The number of thiol groups is 1. The molecule has 0 saturated carbocycles. The first-order valence-electron chi connectivity index (χ1n) is 9.35. The standard InChI is InChI=1S/C22H22N2O3S/c25-21(18(12-28)17-9-13-5-1-2-6-15(13)17)24-20(22(26)27)10-14-11-23-19-8-4-3-7-16(14)19/h1-8,11,17-18,20,23,28H,9-10,12H2,(H,24,25)(H,26,27)/t17-,18+,20+/m1/s1. The molecule has 5 nitrogen and oxygen atoms in total. The number of nitrogens with one attached hydrogen (secondary N) is 2. The highest BCUT2D eigenvalue weighted by molar-refractivity contribution is 7.80. The largest absolute Gasteiger partial charge is 0.480 e. The van der Waals surface area contributed by atoms with Crippen LogP contribution in [-0.4, -0.2) is 33.8 Å². The minimum atomic E-state index is -1.04. The minimum Gasteiger partial charge on any atom is -0.480 e. The fourth-order valence-electron chi connectivity index (χ4n) is 4.05. The van der Waals surface area contributed by atoms with Gasteiger partial charge in [0.1, 0.15) is 6.04 Å². The predicted molar refractivity (Wildman–Crippen MR) is 112 cm³/mol. The topological polar surface area (TPSA) is 82.2 Å². The maximum Gasteiger partial charge on any atom is 0.326 e. The van der Waals surface area contributed by atoms with Crippen LogP contribution >= 0.6 is 12.6 Å². The zero-order chi connectivity index (χ0) is 19.7. The minimum absolute atomic E-state index is 0.0937. The quantitative estimate of drug-likeness (QED) is 0.465. The van der Waals surface area contributed by atoms with Gasteiger partial charge >= 0.3 is 5.97 Å². The SMILES string of the molecule is O=C(O)[C@H](Cc1c[nH]c2ccccc12)NC(=O)[C@@H](CS)[C@@H]1Cc2ccccc21. The molecule has 0 spiro atoms. The number of H-pyrrole nitrogens is 1. The van der Waals surface area contributed by atoms with Crippen molar-refractivity contribution in [2.45, 2.75) is 24.8 Å². The van der Waals surface area contributed by atoms with Crippen molar-refractivity contribution in [2.24, 2.45) is 5.92 Å². The first-order valence-corrected chi connectivity index (χ1v) is 9.98. The molecule has 4 rings (SSSR count). The molecule has 1 aliphatic carbocycles. The van der Waals surface area contributed by atoms with Gasteiger partial charge in [-0.3, -0.25) is 4.79 Å². The summed E-state index contributed by atoms with van der Waals surface area (Å²) < 4.78 is 0. The molecule has 1 aromatic heterocycles. The number of benzene rings is 2. The van der Waals surface area contributed by atoms with Crippen LogP contribution in [0.2, 0.25) is 0 Å². The molecule has 0 unspecified atom stereocenters. The predicted octanol–water partition coefficient (Wildman–Crippen LogP) is 3.17. The molecule has 144 valence electrons. The van der Waals surface area contributed by atoms with E-state index in [2.05, 4.69) is 29.0 Å². The Hall–Kier alpha value is -2.73. The van der Waals surface area contributed by atoms with Crippen molar-refractivity contribution in [3.63, 3.8) is 0 Å². The summed E-state index contributed by atoms with van der Waals surface area (Å²) >= 11 is 4.37. The molecule has 1 aliphatic rings. The van der Waals surface area contributed by atoms with Gasteiger partial charge in [0.25, 0.3) is 0 Å². The summed E-state index contributed by atoms with van der Waals surface area (Å²) in [5, 5.41) is 13.4. The summed E-state index contributed by atoms with van der Waals surface area (Å²) in [7, 11) is 0. The third-order valence-electron chi connectivity index (χ3n) is 5.63. The Bertz CT molecular complexity index is 1030. The molecular formula is C22H22N2O3S.